The minimum atomic E-state index is -0.211. The second kappa shape index (κ2) is 14.9. The second-order valence-corrected chi connectivity index (χ2v) is 10.3. The number of hydrogen-bond donors (Lipinski definition) is 2. The summed E-state index contributed by atoms with van der Waals surface area (Å²) in [5, 5.41) is 7.13. The molecule has 2 aliphatic rings. The Morgan fingerprint density at radius 3 is 2.08 bits per heavy atom. The number of amides is 1. The minimum absolute atomic E-state index is 0.135. The Morgan fingerprint density at radius 1 is 0.889 bits per heavy atom. The van der Waals surface area contributed by atoms with Gasteiger partial charge >= 0.3 is 0 Å². The van der Waals surface area contributed by atoms with Crippen molar-refractivity contribution in [2.45, 2.75) is 96.3 Å². The van der Waals surface area contributed by atoms with Crippen molar-refractivity contribution in [3.8, 4) is 0 Å². The summed E-state index contributed by atoms with van der Waals surface area (Å²) >= 11 is 0. The first-order valence-corrected chi connectivity index (χ1v) is 13.9. The smallest absolute Gasteiger partial charge is 0.241 e. The maximum Gasteiger partial charge on any atom is 0.241 e. The van der Waals surface area contributed by atoms with Crippen molar-refractivity contribution in [2.24, 2.45) is 0 Å². The number of benzene rings is 2. The average Bonchev–Trinajstić information content (AvgIpc) is 3.13. The molecule has 2 aromatic rings. The Labute approximate surface area is 218 Å². The molecule has 0 unspecified atom stereocenters. The molecule has 0 aromatic heterocycles. The van der Waals surface area contributed by atoms with Gasteiger partial charge in [-0.05, 0) is 56.8 Å². The quantitative estimate of drug-likeness (QED) is 0.400. The Bertz CT molecular complexity index is 910. The number of carbonyl (C=O) groups is 2. The van der Waals surface area contributed by atoms with E-state index in [1.807, 2.05) is 36.4 Å². The third kappa shape index (κ3) is 8.56. The molecule has 1 atom stereocenters. The standard InChI is InChI=1S/C21H25N3O.C10H20O/c25-20-19(15-17-7-3-1-4-8-17)23-21(11-13-22-14-12-21)24(20)16-18-9-5-2-6-10-18;1-3-4-5-6-7-8-9-10(2)11/h1-10,19,22-23H,11-16H2;3-9H2,1-2H3/t19-;/m0./s1. The van der Waals surface area contributed by atoms with Crippen LogP contribution in [0.5, 0.6) is 0 Å². The fraction of sp³-hybridized carbons (Fsp3) is 0.548. The summed E-state index contributed by atoms with van der Waals surface area (Å²) in [7, 11) is 0. The van der Waals surface area contributed by atoms with Gasteiger partial charge in [-0.1, -0.05) is 99.7 Å². The van der Waals surface area contributed by atoms with E-state index < -0.39 is 0 Å². The topological polar surface area (TPSA) is 61.4 Å². The number of rotatable bonds is 11. The zero-order valence-corrected chi connectivity index (χ0v) is 22.3. The molecular formula is C31H45N3O2. The van der Waals surface area contributed by atoms with E-state index in [1.165, 1.54) is 43.2 Å². The number of Topliss-reactive ketones (excluding diaryl/α,β-unsaturated/α-hetero) is 1. The Morgan fingerprint density at radius 2 is 1.47 bits per heavy atom. The van der Waals surface area contributed by atoms with Crippen molar-refractivity contribution in [3.05, 3.63) is 71.8 Å². The van der Waals surface area contributed by atoms with Gasteiger partial charge in [0.05, 0.1) is 11.7 Å². The third-order valence-electron chi connectivity index (χ3n) is 7.30. The number of ketones is 1. The predicted octanol–water partition coefficient (Wildman–Crippen LogP) is 5.64. The van der Waals surface area contributed by atoms with Crippen LogP contribution in [0.25, 0.3) is 0 Å². The zero-order chi connectivity index (χ0) is 25.6. The van der Waals surface area contributed by atoms with Crippen LogP contribution in [0.2, 0.25) is 0 Å². The number of nitrogens with one attached hydrogen (secondary N) is 2. The van der Waals surface area contributed by atoms with E-state index in [0.29, 0.717) is 12.3 Å². The molecular weight excluding hydrogens is 446 g/mol. The molecule has 2 N–H and O–H groups in total. The second-order valence-electron chi connectivity index (χ2n) is 10.3. The number of nitrogens with zero attached hydrogens (tertiary/aromatic N) is 1. The highest BCUT2D eigenvalue weighted by molar-refractivity contribution is 5.85. The largest absolute Gasteiger partial charge is 0.319 e. The maximum absolute atomic E-state index is 13.2. The van der Waals surface area contributed by atoms with Crippen LogP contribution in [0.4, 0.5) is 0 Å². The monoisotopic (exact) mass is 491 g/mol. The van der Waals surface area contributed by atoms with Gasteiger partial charge in [0, 0.05) is 13.0 Å². The van der Waals surface area contributed by atoms with Crippen molar-refractivity contribution in [1.29, 1.82) is 0 Å². The van der Waals surface area contributed by atoms with Crippen molar-refractivity contribution >= 4 is 11.7 Å². The summed E-state index contributed by atoms with van der Waals surface area (Å²) < 4.78 is 0. The van der Waals surface area contributed by atoms with E-state index in [2.05, 4.69) is 46.7 Å². The zero-order valence-electron chi connectivity index (χ0n) is 22.3. The molecule has 1 spiro atoms. The van der Waals surface area contributed by atoms with Crippen LogP contribution in [0.1, 0.15) is 82.8 Å². The molecule has 2 saturated heterocycles. The molecule has 2 aliphatic heterocycles. The van der Waals surface area contributed by atoms with E-state index in [-0.39, 0.29) is 17.6 Å². The number of piperidine rings is 1. The van der Waals surface area contributed by atoms with Gasteiger partial charge in [-0.15, -0.1) is 0 Å². The van der Waals surface area contributed by atoms with Gasteiger partial charge in [0.1, 0.15) is 5.78 Å². The van der Waals surface area contributed by atoms with Crippen LogP contribution in [0, 0.1) is 0 Å². The molecule has 4 rings (SSSR count). The van der Waals surface area contributed by atoms with E-state index >= 15 is 0 Å². The first kappa shape index (κ1) is 28.1. The fourth-order valence-corrected chi connectivity index (χ4v) is 5.26. The molecule has 0 aliphatic carbocycles. The average molecular weight is 492 g/mol. The van der Waals surface area contributed by atoms with E-state index in [9.17, 15) is 9.59 Å². The van der Waals surface area contributed by atoms with Crippen molar-refractivity contribution in [2.75, 3.05) is 13.1 Å². The first-order valence-electron chi connectivity index (χ1n) is 13.9. The van der Waals surface area contributed by atoms with Crippen molar-refractivity contribution in [3.63, 3.8) is 0 Å². The molecule has 5 nitrogen and oxygen atoms in total. The van der Waals surface area contributed by atoms with Crippen LogP contribution in [0.15, 0.2) is 60.7 Å². The van der Waals surface area contributed by atoms with Crippen LogP contribution >= 0.6 is 0 Å². The highest BCUT2D eigenvalue weighted by atomic mass is 16.2. The van der Waals surface area contributed by atoms with Gasteiger partial charge in [-0.25, -0.2) is 0 Å². The van der Waals surface area contributed by atoms with E-state index in [4.69, 9.17) is 0 Å². The lowest BCUT2D eigenvalue weighted by Crippen LogP contribution is -2.58. The molecule has 2 heterocycles. The number of unbranched alkanes of at least 4 members (excludes halogenated alkanes) is 5. The Kier molecular flexibility index (Phi) is 11.6. The number of hydrogen-bond acceptors (Lipinski definition) is 4. The Hall–Kier alpha value is -2.50. The molecule has 0 radical (unpaired) electrons. The summed E-state index contributed by atoms with van der Waals surface area (Å²) in [6.07, 6.45) is 11.1. The maximum atomic E-state index is 13.2. The SMILES string of the molecule is CCCCCCCCC(C)=O.O=C1[C@H](Cc2ccccc2)NC2(CCNCC2)N1Cc1ccccc1. The first-order chi connectivity index (χ1) is 17.5. The van der Waals surface area contributed by atoms with Crippen molar-refractivity contribution < 1.29 is 9.59 Å². The van der Waals surface area contributed by atoms with Gasteiger partial charge in [-0.3, -0.25) is 10.1 Å². The minimum Gasteiger partial charge on any atom is -0.319 e. The predicted molar refractivity (Wildman–Crippen MR) is 148 cm³/mol. The Balaban J connectivity index is 0.000000280. The van der Waals surface area contributed by atoms with E-state index in [1.54, 1.807) is 6.92 Å². The van der Waals surface area contributed by atoms with Gasteiger partial charge in [0.15, 0.2) is 0 Å². The van der Waals surface area contributed by atoms with Crippen LogP contribution in [0.3, 0.4) is 0 Å². The lowest BCUT2D eigenvalue weighted by molar-refractivity contribution is -0.133. The molecule has 2 aromatic carbocycles. The summed E-state index contributed by atoms with van der Waals surface area (Å²) in [5.74, 6) is 0.565. The summed E-state index contributed by atoms with van der Waals surface area (Å²) in [6, 6.07) is 20.5. The molecule has 1 amide bonds. The van der Waals surface area contributed by atoms with Gasteiger partial charge in [0.25, 0.3) is 0 Å². The van der Waals surface area contributed by atoms with Crippen LogP contribution in [-0.2, 0) is 22.6 Å². The molecule has 0 saturated carbocycles. The van der Waals surface area contributed by atoms with Crippen LogP contribution < -0.4 is 10.6 Å². The highest BCUT2D eigenvalue weighted by Gasteiger charge is 2.50. The molecule has 2 fully saturated rings. The lowest BCUT2D eigenvalue weighted by Gasteiger charge is -2.41. The van der Waals surface area contributed by atoms with E-state index in [0.717, 1.165) is 45.2 Å². The lowest BCUT2D eigenvalue weighted by atomic mass is 9.96. The molecule has 5 heteroatoms. The van der Waals surface area contributed by atoms with Gasteiger partial charge < -0.3 is 15.0 Å². The van der Waals surface area contributed by atoms with Crippen molar-refractivity contribution in [1.82, 2.24) is 15.5 Å². The normalized spacial score (nSPS) is 18.7. The number of carbonyl (C=O) groups excluding carboxylic acids is 2. The summed E-state index contributed by atoms with van der Waals surface area (Å²) in [4.78, 5) is 25.9. The third-order valence-corrected chi connectivity index (χ3v) is 7.30. The van der Waals surface area contributed by atoms with Gasteiger partial charge in [-0.2, -0.15) is 0 Å². The highest BCUT2D eigenvalue weighted by Crippen LogP contribution is 2.32. The molecule has 36 heavy (non-hydrogen) atoms. The fourth-order valence-electron chi connectivity index (χ4n) is 5.26. The molecule has 0 bridgehead atoms. The van der Waals surface area contributed by atoms with Crippen LogP contribution in [-0.4, -0.2) is 41.4 Å². The molecule has 196 valence electrons. The summed E-state index contributed by atoms with van der Waals surface area (Å²) in [6.45, 7) is 6.47. The van der Waals surface area contributed by atoms with Gasteiger partial charge in [0.2, 0.25) is 5.91 Å². The summed E-state index contributed by atoms with van der Waals surface area (Å²) in [5.41, 5.74) is 2.19.